The molecule has 2 fully saturated rings. The summed E-state index contributed by atoms with van der Waals surface area (Å²) >= 11 is -0.890. The number of rotatable bonds is 6. The molecule has 0 aliphatic carbocycles. The highest BCUT2D eigenvalue weighted by atomic mass is 32.2. The van der Waals surface area contributed by atoms with Crippen LogP contribution in [-0.4, -0.2) is 90.5 Å². The van der Waals surface area contributed by atoms with E-state index in [9.17, 15) is 18.1 Å². The van der Waals surface area contributed by atoms with Gasteiger partial charge in [0.05, 0.1) is 36.2 Å². The number of aryl methyl sites for hydroxylation is 1. The van der Waals surface area contributed by atoms with E-state index in [1.54, 1.807) is 40.6 Å². The molecule has 0 spiro atoms. The summed E-state index contributed by atoms with van der Waals surface area (Å²) in [6.45, 7) is 4.32. The minimum Gasteiger partial charge on any atom is -0.616 e. The van der Waals surface area contributed by atoms with E-state index in [1.165, 1.54) is 4.52 Å². The summed E-state index contributed by atoms with van der Waals surface area (Å²) in [4.78, 5) is 23.8. The normalized spacial score (nSPS) is 17.1. The van der Waals surface area contributed by atoms with Crippen molar-refractivity contribution in [2.75, 3.05) is 72.9 Å². The van der Waals surface area contributed by atoms with Gasteiger partial charge in [0.15, 0.2) is 11.4 Å². The molecule has 43 heavy (non-hydrogen) atoms. The molecule has 0 unspecified atom stereocenters. The SMILES string of the molecule is Cn1c(=O)n(CCN2CCN(c3cc(N4CC[S+]([O-])CC4)c(F)cc3F)CC2)c2nc(N)n3nc(-c4ccco4)cc3c21. The van der Waals surface area contributed by atoms with Crippen molar-refractivity contribution in [3.63, 3.8) is 0 Å². The predicted octanol–water partition coefficient (Wildman–Crippen LogP) is 1.89. The first-order chi connectivity index (χ1) is 20.8. The number of nitrogen functional groups attached to an aromatic ring is 1. The quantitative estimate of drug-likeness (QED) is 0.286. The van der Waals surface area contributed by atoms with Gasteiger partial charge in [-0.25, -0.2) is 13.6 Å². The average molecular weight is 612 g/mol. The summed E-state index contributed by atoms with van der Waals surface area (Å²) in [6, 6.07) is 7.93. The van der Waals surface area contributed by atoms with Crippen molar-refractivity contribution in [2.24, 2.45) is 7.05 Å². The number of furan rings is 1. The van der Waals surface area contributed by atoms with Crippen molar-refractivity contribution < 1.29 is 17.8 Å². The molecule has 5 aromatic rings. The van der Waals surface area contributed by atoms with Gasteiger partial charge in [0, 0.05) is 52.4 Å². The fraction of sp³-hybridized carbons (Fsp3) is 0.393. The maximum atomic E-state index is 14.9. The maximum Gasteiger partial charge on any atom is 0.330 e. The van der Waals surface area contributed by atoms with Crippen LogP contribution in [0.5, 0.6) is 0 Å². The Labute approximate surface area is 248 Å². The molecule has 0 radical (unpaired) electrons. The van der Waals surface area contributed by atoms with Crippen molar-refractivity contribution >= 4 is 45.2 Å². The van der Waals surface area contributed by atoms with E-state index in [0.29, 0.717) is 103 Å². The average Bonchev–Trinajstić information content (AvgIpc) is 3.73. The van der Waals surface area contributed by atoms with E-state index in [0.717, 1.165) is 6.07 Å². The summed E-state index contributed by atoms with van der Waals surface area (Å²) in [5.74, 6) is 0.501. The van der Waals surface area contributed by atoms with Crippen LogP contribution >= 0.6 is 0 Å². The molecule has 1 aromatic carbocycles. The van der Waals surface area contributed by atoms with Gasteiger partial charge >= 0.3 is 5.69 Å². The van der Waals surface area contributed by atoms with Crippen LogP contribution in [0.3, 0.4) is 0 Å². The molecule has 0 amide bonds. The minimum absolute atomic E-state index is 0.159. The van der Waals surface area contributed by atoms with Crippen LogP contribution in [0.15, 0.2) is 45.8 Å². The van der Waals surface area contributed by atoms with Crippen LogP contribution in [0.4, 0.5) is 26.1 Å². The minimum atomic E-state index is -0.890. The largest absolute Gasteiger partial charge is 0.616 e. The molecule has 0 atom stereocenters. The van der Waals surface area contributed by atoms with Crippen LogP contribution in [0, 0.1) is 11.6 Å². The highest BCUT2D eigenvalue weighted by Gasteiger charge is 2.27. The Hall–Kier alpha value is -4.08. The second kappa shape index (κ2) is 10.9. The first kappa shape index (κ1) is 27.7. The first-order valence-corrected chi connectivity index (χ1v) is 15.6. The smallest absolute Gasteiger partial charge is 0.330 e. The van der Waals surface area contributed by atoms with Gasteiger partial charge < -0.3 is 24.5 Å². The Morgan fingerprint density at radius 2 is 1.70 bits per heavy atom. The Morgan fingerprint density at radius 1 is 1.00 bits per heavy atom. The van der Waals surface area contributed by atoms with Crippen LogP contribution in [0.1, 0.15) is 0 Å². The van der Waals surface area contributed by atoms with Crippen molar-refractivity contribution in [3.05, 3.63) is 58.7 Å². The molecule has 0 saturated carbocycles. The Bertz CT molecular complexity index is 1850. The van der Waals surface area contributed by atoms with Gasteiger partial charge in [0.2, 0.25) is 5.95 Å². The number of hydrogen-bond donors (Lipinski definition) is 1. The first-order valence-electron chi connectivity index (χ1n) is 14.1. The van der Waals surface area contributed by atoms with E-state index in [1.807, 2.05) is 15.9 Å². The van der Waals surface area contributed by atoms with Gasteiger partial charge in [-0.05, 0) is 24.3 Å². The molecule has 6 heterocycles. The van der Waals surface area contributed by atoms with Crippen molar-refractivity contribution in [1.29, 1.82) is 0 Å². The lowest BCUT2D eigenvalue weighted by Crippen LogP contribution is -2.48. The number of hydrogen-bond acceptors (Lipinski definition) is 9. The molecule has 2 saturated heterocycles. The molecule has 7 rings (SSSR count). The standard InChI is InChI=1S/C28H31F2N9O3S/c1-34-25-23-16-20(24-3-2-12-42-24)33-39(23)27(31)32-26(25)38(28(34)40)9-6-35-4-7-36(8-5-35)21-17-22(19(30)15-18(21)29)37-10-13-43(41)14-11-37/h2-3,12,15-17H,4-11,13-14H2,1H3,(H2,31,32). The summed E-state index contributed by atoms with van der Waals surface area (Å²) in [5.41, 5.74) is 9.10. The highest BCUT2D eigenvalue weighted by molar-refractivity contribution is 7.91. The summed E-state index contributed by atoms with van der Waals surface area (Å²) in [6.07, 6.45) is 1.57. The number of imidazole rings is 1. The number of fused-ring (bicyclic) bond motifs is 3. The van der Waals surface area contributed by atoms with Crippen molar-refractivity contribution in [1.82, 2.24) is 28.6 Å². The second-order valence-electron chi connectivity index (χ2n) is 10.9. The third-order valence-electron chi connectivity index (χ3n) is 8.37. The molecule has 2 aliphatic heterocycles. The molecule has 2 N–H and O–H groups in total. The zero-order chi connectivity index (χ0) is 29.8. The van der Waals surface area contributed by atoms with Crippen LogP contribution in [-0.2, 0) is 24.8 Å². The number of halogens is 2. The Kier molecular flexibility index (Phi) is 7.02. The van der Waals surface area contributed by atoms with Gasteiger partial charge in [-0.3, -0.25) is 14.0 Å². The van der Waals surface area contributed by atoms with Crippen LogP contribution < -0.4 is 21.2 Å². The van der Waals surface area contributed by atoms with Crippen molar-refractivity contribution in [3.8, 4) is 11.5 Å². The number of anilines is 3. The second-order valence-corrected chi connectivity index (χ2v) is 12.6. The van der Waals surface area contributed by atoms with E-state index >= 15 is 0 Å². The molecule has 15 heteroatoms. The fourth-order valence-electron chi connectivity index (χ4n) is 6.02. The van der Waals surface area contributed by atoms with Gasteiger partial charge in [0.25, 0.3) is 0 Å². The number of aromatic nitrogens is 5. The Balaban J connectivity index is 1.07. The summed E-state index contributed by atoms with van der Waals surface area (Å²) in [5, 5.41) is 4.52. The molecule has 2 aliphatic rings. The molecule has 4 aromatic heterocycles. The molecular weight excluding hydrogens is 580 g/mol. The molecular formula is C28H31F2N9O3S. The topological polar surface area (TPSA) is 129 Å². The lowest BCUT2D eigenvalue weighted by molar-refractivity contribution is 0.247. The molecule has 0 bridgehead atoms. The van der Waals surface area contributed by atoms with Gasteiger partial charge in [-0.1, -0.05) is 11.2 Å². The van der Waals surface area contributed by atoms with Crippen LogP contribution in [0.25, 0.3) is 28.1 Å². The number of nitrogens with zero attached hydrogens (tertiary/aromatic N) is 8. The Morgan fingerprint density at radius 3 is 2.37 bits per heavy atom. The number of piperazine rings is 1. The fourth-order valence-corrected chi connectivity index (χ4v) is 7.07. The van der Waals surface area contributed by atoms with E-state index in [2.05, 4.69) is 15.0 Å². The summed E-state index contributed by atoms with van der Waals surface area (Å²) < 4.78 is 51.5. The van der Waals surface area contributed by atoms with Gasteiger partial charge in [-0.2, -0.15) is 14.6 Å². The van der Waals surface area contributed by atoms with E-state index < -0.39 is 22.8 Å². The zero-order valence-electron chi connectivity index (χ0n) is 23.6. The maximum absolute atomic E-state index is 14.9. The van der Waals surface area contributed by atoms with Crippen LogP contribution in [0.2, 0.25) is 0 Å². The lowest BCUT2D eigenvalue weighted by atomic mass is 10.2. The zero-order valence-corrected chi connectivity index (χ0v) is 24.4. The number of benzene rings is 1. The molecule has 12 nitrogen and oxygen atoms in total. The summed E-state index contributed by atoms with van der Waals surface area (Å²) in [7, 11) is 1.70. The highest BCUT2D eigenvalue weighted by Crippen LogP contribution is 2.31. The van der Waals surface area contributed by atoms with E-state index in [-0.39, 0.29) is 11.6 Å². The molecule has 226 valence electrons. The monoisotopic (exact) mass is 611 g/mol. The number of nitrogens with two attached hydrogens (primary N) is 1. The van der Waals surface area contributed by atoms with Crippen molar-refractivity contribution in [2.45, 2.75) is 6.54 Å². The lowest BCUT2D eigenvalue weighted by Gasteiger charge is -2.37. The van der Waals surface area contributed by atoms with E-state index in [4.69, 9.17) is 10.2 Å². The predicted molar refractivity (Wildman–Crippen MR) is 161 cm³/mol. The third kappa shape index (κ3) is 4.90. The van der Waals surface area contributed by atoms with Gasteiger partial charge in [0.1, 0.15) is 34.4 Å². The third-order valence-corrected chi connectivity index (χ3v) is 9.65. The van der Waals surface area contributed by atoms with Gasteiger partial charge in [-0.15, -0.1) is 0 Å².